The van der Waals surface area contributed by atoms with Crippen LogP contribution in [-0.4, -0.2) is 82.7 Å². The van der Waals surface area contributed by atoms with Crippen LogP contribution in [0.25, 0.3) is 32.8 Å². The second-order valence-electron chi connectivity index (χ2n) is 16.0. The van der Waals surface area contributed by atoms with E-state index < -0.39 is 23.3 Å². The molecule has 5 fully saturated rings. The normalized spacial score (nSPS) is 30.5. The van der Waals surface area contributed by atoms with Gasteiger partial charge >= 0.3 is 6.01 Å². The summed E-state index contributed by atoms with van der Waals surface area (Å²) in [6, 6.07) is 7.28. The Morgan fingerprint density at radius 3 is 2.84 bits per heavy atom. The first kappa shape index (κ1) is 29.0. The maximum atomic E-state index is 17.4. The smallest absolute Gasteiger partial charge is 0.319 e. The van der Waals surface area contributed by atoms with E-state index in [9.17, 15) is 9.50 Å². The van der Waals surface area contributed by atoms with E-state index in [0.29, 0.717) is 25.3 Å². The number of nitrogens with one attached hydrogen (secondary N) is 1. The van der Waals surface area contributed by atoms with Gasteiger partial charge in [0.25, 0.3) is 0 Å². The van der Waals surface area contributed by atoms with Crippen LogP contribution in [0.5, 0.6) is 17.5 Å². The Labute approximate surface area is 281 Å². The van der Waals surface area contributed by atoms with Gasteiger partial charge in [-0.05, 0) is 96.4 Å². The quantitative estimate of drug-likeness (QED) is 0.275. The van der Waals surface area contributed by atoms with E-state index in [4.69, 9.17) is 14.5 Å². The molecule has 254 valence electrons. The van der Waals surface area contributed by atoms with Crippen LogP contribution in [0.15, 0.2) is 24.3 Å². The van der Waals surface area contributed by atoms with Crippen molar-refractivity contribution in [3.63, 3.8) is 0 Å². The predicted molar refractivity (Wildman–Crippen MR) is 178 cm³/mol. The molecule has 2 bridgehead atoms. The van der Waals surface area contributed by atoms with Gasteiger partial charge in [-0.3, -0.25) is 4.90 Å². The van der Waals surface area contributed by atoms with Crippen molar-refractivity contribution in [1.82, 2.24) is 20.2 Å². The van der Waals surface area contributed by atoms with Crippen molar-refractivity contribution < 1.29 is 27.8 Å². The lowest BCUT2D eigenvalue weighted by molar-refractivity contribution is 0.107. The molecule has 0 amide bonds. The Bertz CT molecular complexity index is 2110. The standard InChI is InChI=1S/C38H38F3N5O3/c39-21-12-38(16-37(8-9-37)17-45(38)13-21)18-49-36-43-33-30-34(48-15-27-26-7-6-22(42-26)14-46(27)35(30)44-36)32(41)29(31(33)40)25-11-23(47)10-20-5-4-19-2-1-3-24(19)28(20)25/h4-5,10-11,21-22,26-27,42,47H,1-3,6-9,12-18H2/t21-,22?,26?,27?,38-/m1/s1. The zero-order chi connectivity index (χ0) is 32.8. The number of fused-ring (bicyclic) bond motifs is 9. The van der Waals surface area contributed by atoms with Gasteiger partial charge in [0.1, 0.15) is 36.5 Å². The van der Waals surface area contributed by atoms with Gasteiger partial charge in [0, 0.05) is 38.1 Å². The maximum Gasteiger partial charge on any atom is 0.319 e. The highest BCUT2D eigenvalue weighted by Crippen LogP contribution is 2.61. The van der Waals surface area contributed by atoms with E-state index >= 15 is 8.78 Å². The number of aromatic nitrogens is 2. The molecule has 2 aliphatic carbocycles. The van der Waals surface area contributed by atoms with Crippen molar-refractivity contribution in [3.8, 4) is 28.6 Å². The first-order valence-corrected chi connectivity index (χ1v) is 18.0. The van der Waals surface area contributed by atoms with Crippen molar-refractivity contribution in [1.29, 1.82) is 0 Å². The molecule has 5 aliphatic heterocycles. The van der Waals surface area contributed by atoms with Crippen LogP contribution >= 0.6 is 0 Å². The van der Waals surface area contributed by atoms with Gasteiger partial charge in [0.15, 0.2) is 17.4 Å². The number of ether oxygens (including phenoxy) is 2. The van der Waals surface area contributed by atoms with Crippen molar-refractivity contribution >= 4 is 27.5 Å². The summed E-state index contributed by atoms with van der Waals surface area (Å²) in [6.07, 6.45) is 7.27. The van der Waals surface area contributed by atoms with Gasteiger partial charge in [-0.1, -0.05) is 12.1 Å². The van der Waals surface area contributed by atoms with E-state index in [2.05, 4.69) is 20.1 Å². The molecule has 3 aromatic carbocycles. The summed E-state index contributed by atoms with van der Waals surface area (Å²) in [5.41, 5.74) is 1.96. The molecule has 49 heavy (non-hydrogen) atoms. The summed E-state index contributed by atoms with van der Waals surface area (Å²) in [7, 11) is 0. The molecule has 11 rings (SSSR count). The molecule has 8 nitrogen and oxygen atoms in total. The Hall–Kier alpha value is -3.83. The van der Waals surface area contributed by atoms with E-state index in [0.717, 1.165) is 79.8 Å². The van der Waals surface area contributed by atoms with E-state index in [1.54, 1.807) is 6.07 Å². The third-order valence-electron chi connectivity index (χ3n) is 13.0. The number of halogens is 3. The molecule has 1 aromatic heterocycles. The fourth-order valence-electron chi connectivity index (χ4n) is 10.7. The molecular weight excluding hydrogens is 631 g/mol. The number of hydrogen-bond acceptors (Lipinski definition) is 8. The van der Waals surface area contributed by atoms with Gasteiger partial charge in [-0.15, -0.1) is 0 Å². The molecule has 5 atom stereocenters. The predicted octanol–water partition coefficient (Wildman–Crippen LogP) is 5.97. The summed E-state index contributed by atoms with van der Waals surface area (Å²) in [5.74, 6) is -1.39. The molecule has 4 aromatic rings. The number of aromatic hydroxyl groups is 1. The summed E-state index contributed by atoms with van der Waals surface area (Å²) in [4.78, 5) is 14.0. The lowest BCUT2D eigenvalue weighted by Crippen LogP contribution is -2.60. The zero-order valence-electron chi connectivity index (χ0n) is 27.2. The van der Waals surface area contributed by atoms with Crippen LogP contribution in [0.4, 0.5) is 19.0 Å². The third-order valence-corrected chi connectivity index (χ3v) is 13.0. The van der Waals surface area contributed by atoms with Crippen LogP contribution in [0.2, 0.25) is 0 Å². The number of phenols is 1. The summed E-state index contributed by atoms with van der Waals surface area (Å²) in [5, 5.41) is 16.2. The number of anilines is 1. The Morgan fingerprint density at radius 2 is 1.96 bits per heavy atom. The van der Waals surface area contributed by atoms with Crippen molar-refractivity contribution in [2.24, 2.45) is 5.41 Å². The van der Waals surface area contributed by atoms with Crippen LogP contribution in [-0.2, 0) is 12.8 Å². The number of benzene rings is 3. The maximum absolute atomic E-state index is 17.4. The Morgan fingerprint density at radius 1 is 1.06 bits per heavy atom. The second kappa shape index (κ2) is 9.90. The van der Waals surface area contributed by atoms with E-state index in [1.165, 1.54) is 6.07 Å². The number of rotatable bonds is 4. The fourth-order valence-corrected chi connectivity index (χ4v) is 10.7. The molecule has 0 radical (unpaired) electrons. The second-order valence-corrected chi connectivity index (χ2v) is 16.0. The van der Waals surface area contributed by atoms with Crippen molar-refractivity contribution in [3.05, 3.63) is 47.0 Å². The first-order valence-electron chi connectivity index (χ1n) is 18.0. The first-order chi connectivity index (χ1) is 23.8. The van der Waals surface area contributed by atoms with Crippen molar-refractivity contribution in [2.45, 2.75) is 87.6 Å². The lowest BCUT2D eigenvalue weighted by Gasteiger charge is -2.40. The molecule has 2 N–H and O–H groups in total. The summed E-state index contributed by atoms with van der Waals surface area (Å²) < 4.78 is 62.1. The fraction of sp³-hybridized carbons (Fsp3) is 0.526. The molecule has 6 heterocycles. The molecule has 3 unspecified atom stereocenters. The topological polar surface area (TPSA) is 83.0 Å². The zero-order valence-corrected chi connectivity index (χ0v) is 27.2. The molecule has 11 heteroatoms. The van der Waals surface area contributed by atoms with Gasteiger partial charge in [-0.2, -0.15) is 9.97 Å². The summed E-state index contributed by atoms with van der Waals surface area (Å²) >= 11 is 0. The lowest BCUT2D eigenvalue weighted by atomic mass is 9.89. The highest BCUT2D eigenvalue weighted by atomic mass is 19.1. The minimum absolute atomic E-state index is 0.00600. The van der Waals surface area contributed by atoms with Crippen LogP contribution in [0.3, 0.4) is 0 Å². The number of nitrogens with zero attached hydrogens (tertiary/aromatic N) is 4. The van der Waals surface area contributed by atoms with E-state index in [1.807, 2.05) is 12.1 Å². The molecule has 1 saturated carbocycles. The third kappa shape index (κ3) is 4.11. The average molecular weight is 670 g/mol. The van der Waals surface area contributed by atoms with Gasteiger partial charge < -0.3 is 24.8 Å². The van der Waals surface area contributed by atoms with Crippen molar-refractivity contribution in [2.75, 3.05) is 37.7 Å². The Balaban J connectivity index is 1.11. The largest absolute Gasteiger partial charge is 0.508 e. The van der Waals surface area contributed by atoms with Crippen LogP contribution in [0.1, 0.15) is 56.1 Å². The molecule has 1 spiro atoms. The minimum Gasteiger partial charge on any atom is -0.508 e. The number of phenolic OH excluding ortho intramolecular Hbond substituents is 1. The number of alkyl halides is 1. The van der Waals surface area contributed by atoms with Gasteiger partial charge in [0.05, 0.1) is 22.5 Å². The van der Waals surface area contributed by atoms with E-state index in [-0.39, 0.29) is 76.3 Å². The molecule has 7 aliphatic rings. The number of aryl methyl sites for hydroxylation is 2. The number of piperazine rings is 1. The highest BCUT2D eigenvalue weighted by molar-refractivity contribution is 6.05. The monoisotopic (exact) mass is 669 g/mol. The minimum atomic E-state index is -0.916. The molecule has 4 saturated heterocycles. The number of hydrogen-bond donors (Lipinski definition) is 2. The highest BCUT2D eigenvalue weighted by Gasteiger charge is 2.62. The van der Waals surface area contributed by atoms with Gasteiger partial charge in [0.2, 0.25) is 0 Å². The Kier molecular flexibility index (Phi) is 5.85. The average Bonchev–Trinajstić information content (AvgIpc) is 3.32. The van der Waals surface area contributed by atoms with Crippen LogP contribution in [0, 0.1) is 17.0 Å². The van der Waals surface area contributed by atoms with Gasteiger partial charge in [-0.25, -0.2) is 13.2 Å². The summed E-state index contributed by atoms with van der Waals surface area (Å²) in [6.45, 7) is 2.31. The SMILES string of the molecule is Oc1cc(-c2c(F)c3c4c(nc(OC[C@]56C[C@@H](F)CN5CC5(CC5)C6)nc4c2F)N2CC4CCC(N4)C2CO3)c2c3c(ccc2c1)CCC3. The van der Waals surface area contributed by atoms with Crippen LogP contribution < -0.4 is 19.7 Å². The molecular formula is C38H38F3N5O3.